The van der Waals surface area contributed by atoms with Crippen LogP contribution in [-0.4, -0.2) is 33.4 Å². The van der Waals surface area contributed by atoms with Gasteiger partial charge in [-0.15, -0.1) is 10.2 Å². The van der Waals surface area contributed by atoms with Crippen molar-refractivity contribution in [2.75, 3.05) is 0 Å². The summed E-state index contributed by atoms with van der Waals surface area (Å²) in [5.41, 5.74) is 1.32. The average molecular weight is 287 g/mol. The SMILES string of the molecule is O=C(N[C@H]1CCCC[C@@H]1O)c1ccc(-c2nnco2)cc1. The summed E-state index contributed by atoms with van der Waals surface area (Å²) < 4.78 is 5.10. The van der Waals surface area contributed by atoms with Crippen LogP contribution in [-0.2, 0) is 0 Å². The van der Waals surface area contributed by atoms with E-state index in [0.717, 1.165) is 31.2 Å². The second kappa shape index (κ2) is 6.05. The van der Waals surface area contributed by atoms with Crippen molar-refractivity contribution in [2.24, 2.45) is 0 Å². The molecule has 21 heavy (non-hydrogen) atoms. The van der Waals surface area contributed by atoms with Crippen molar-refractivity contribution < 1.29 is 14.3 Å². The molecule has 1 aliphatic carbocycles. The Kier molecular flexibility index (Phi) is 3.96. The van der Waals surface area contributed by atoms with Gasteiger partial charge in [0.25, 0.3) is 5.91 Å². The molecule has 2 N–H and O–H groups in total. The Bertz CT molecular complexity index is 595. The summed E-state index contributed by atoms with van der Waals surface area (Å²) in [6, 6.07) is 6.80. The molecule has 0 saturated heterocycles. The van der Waals surface area contributed by atoms with Crippen molar-refractivity contribution in [2.45, 2.75) is 37.8 Å². The highest BCUT2D eigenvalue weighted by molar-refractivity contribution is 5.94. The molecule has 1 aromatic heterocycles. The molecule has 1 amide bonds. The molecule has 1 fully saturated rings. The summed E-state index contributed by atoms with van der Waals surface area (Å²) in [7, 11) is 0. The van der Waals surface area contributed by atoms with E-state index < -0.39 is 6.10 Å². The van der Waals surface area contributed by atoms with E-state index in [1.165, 1.54) is 6.39 Å². The quantitative estimate of drug-likeness (QED) is 0.898. The fourth-order valence-corrected chi connectivity index (χ4v) is 2.59. The van der Waals surface area contributed by atoms with Gasteiger partial charge in [-0.1, -0.05) is 12.8 Å². The van der Waals surface area contributed by atoms with Gasteiger partial charge in [-0.2, -0.15) is 0 Å². The molecule has 6 nitrogen and oxygen atoms in total. The number of amides is 1. The number of nitrogens with one attached hydrogen (secondary N) is 1. The van der Waals surface area contributed by atoms with Crippen molar-refractivity contribution in [1.82, 2.24) is 15.5 Å². The van der Waals surface area contributed by atoms with Gasteiger partial charge in [0, 0.05) is 11.1 Å². The Morgan fingerprint density at radius 1 is 1.24 bits per heavy atom. The van der Waals surface area contributed by atoms with Crippen molar-refractivity contribution >= 4 is 5.91 Å². The lowest BCUT2D eigenvalue weighted by molar-refractivity contribution is 0.0717. The first-order valence-electron chi connectivity index (χ1n) is 7.09. The van der Waals surface area contributed by atoms with Gasteiger partial charge in [0.15, 0.2) is 0 Å². The number of aliphatic hydroxyl groups is 1. The number of rotatable bonds is 3. The number of hydrogen-bond donors (Lipinski definition) is 2. The van der Waals surface area contributed by atoms with Crippen molar-refractivity contribution in [3.63, 3.8) is 0 Å². The van der Waals surface area contributed by atoms with Crippen LogP contribution in [0.2, 0.25) is 0 Å². The minimum atomic E-state index is -0.444. The Morgan fingerprint density at radius 2 is 2.00 bits per heavy atom. The van der Waals surface area contributed by atoms with Crippen LogP contribution in [0.3, 0.4) is 0 Å². The lowest BCUT2D eigenvalue weighted by atomic mass is 9.92. The minimum Gasteiger partial charge on any atom is -0.423 e. The molecule has 3 rings (SSSR count). The molecule has 0 aliphatic heterocycles. The zero-order chi connectivity index (χ0) is 14.7. The highest BCUT2D eigenvalue weighted by Gasteiger charge is 2.24. The van der Waals surface area contributed by atoms with Crippen LogP contribution in [0.1, 0.15) is 36.0 Å². The number of hydrogen-bond acceptors (Lipinski definition) is 5. The maximum absolute atomic E-state index is 12.2. The molecule has 0 radical (unpaired) electrons. The molecule has 0 unspecified atom stereocenters. The van der Waals surface area contributed by atoms with Crippen molar-refractivity contribution in [3.8, 4) is 11.5 Å². The van der Waals surface area contributed by atoms with E-state index in [9.17, 15) is 9.90 Å². The topological polar surface area (TPSA) is 88.2 Å². The molecular weight excluding hydrogens is 270 g/mol. The standard InChI is InChI=1S/C15H17N3O3/c19-13-4-2-1-3-12(13)17-14(20)10-5-7-11(8-6-10)15-18-16-9-21-15/h5-9,12-13,19H,1-4H2,(H,17,20)/t12-,13-/m0/s1. The zero-order valence-corrected chi connectivity index (χ0v) is 11.5. The number of aromatic nitrogens is 2. The van der Waals surface area contributed by atoms with E-state index in [-0.39, 0.29) is 11.9 Å². The van der Waals surface area contributed by atoms with E-state index in [2.05, 4.69) is 15.5 Å². The first kappa shape index (κ1) is 13.8. The van der Waals surface area contributed by atoms with Gasteiger partial charge < -0.3 is 14.8 Å². The molecule has 1 aliphatic rings. The van der Waals surface area contributed by atoms with Crippen LogP contribution in [0.5, 0.6) is 0 Å². The van der Waals surface area contributed by atoms with Crippen LogP contribution in [0, 0.1) is 0 Å². The Morgan fingerprint density at radius 3 is 2.67 bits per heavy atom. The first-order chi connectivity index (χ1) is 10.2. The maximum atomic E-state index is 12.2. The predicted octanol–water partition coefficient (Wildman–Crippen LogP) is 1.77. The minimum absolute atomic E-state index is 0.151. The maximum Gasteiger partial charge on any atom is 0.251 e. The van der Waals surface area contributed by atoms with Gasteiger partial charge in [-0.3, -0.25) is 4.79 Å². The Balaban J connectivity index is 1.67. The van der Waals surface area contributed by atoms with Crippen molar-refractivity contribution in [3.05, 3.63) is 36.2 Å². The summed E-state index contributed by atoms with van der Waals surface area (Å²) in [4.78, 5) is 12.2. The number of nitrogens with zero attached hydrogens (tertiary/aromatic N) is 2. The second-order valence-electron chi connectivity index (χ2n) is 5.25. The monoisotopic (exact) mass is 287 g/mol. The lowest BCUT2D eigenvalue weighted by Crippen LogP contribution is -2.45. The van der Waals surface area contributed by atoms with Gasteiger partial charge in [0.05, 0.1) is 12.1 Å². The largest absolute Gasteiger partial charge is 0.423 e. The molecule has 110 valence electrons. The van der Waals surface area contributed by atoms with Gasteiger partial charge in [-0.25, -0.2) is 0 Å². The van der Waals surface area contributed by atoms with Crippen molar-refractivity contribution in [1.29, 1.82) is 0 Å². The lowest BCUT2D eigenvalue weighted by Gasteiger charge is -2.28. The van der Waals surface area contributed by atoms with Gasteiger partial charge in [0.2, 0.25) is 12.3 Å². The molecular formula is C15H17N3O3. The number of carbonyl (C=O) groups is 1. The Hall–Kier alpha value is -2.21. The van der Waals surface area contributed by atoms with E-state index in [0.29, 0.717) is 11.5 Å². The molecule has 0 bridgehead atoms. The van der Waals surface area contributed by atoms with E-state index >= 15 is 0 Å². The summed E-state index contributed by atoms with van der Waals surface area (Å²) in [5.74, 6) is 0.252. The highest BCUT2D eigenvalue weighted by Crippen LogP contribution is 2.20. The van der Waals surface area contributed by atoms with E-state index in [1.807, 2.05) is 0 Å². The molecule has 1 heterocycles. The number of carbonyl (C=O) groups excluding carboxylic acids is 1. The van der Waals surface area contributed by atoms with Crippen LogP contribution in [0.25, 0.3) is 11.5 Å². The highest BCUT2D eigenvalue weighted by atomic mass is 16.4. The van der Waals surface area contributed by atoms with Crippen LogP contribution >= 0.6 is 0 Å². The zero-order valence-electron chi connectivity index (χ0n) is 11.5. The Labute approximate surface area is 122 Å². The molecule has 2 atom stereocenters. The van der Waals surface area contributed by atoms with Crippen LogP contribution < -0.4 is 5.32 Å². The molecule has 6 heteroatoms. The van der Waals surface area contributed by atoms with Crippen LogP contribution in [0.15, 0.2) is 35.1 Å². The third-order valence-electron chi connectivity index (χ3n) is 3.80. The van der Waals surface area contributed by atoms with Crippen LogP contribution in [0.4, 0.5) is 0 Å². The van der Waals surface area contributed by atoms with Gasteiger partial charge >= 0.3 is 0 Å². The van der Waals surface area contributed by atoms with Gasteiger partial charge in [0.1, 0.15) is 0 Å². The first-order valence-corrected chi connectivity index (χ1v) is 7.09. The second-order valence-corrected chi connectivity index (χ2v) is 5.25. The fourth-order valence-electron chi connectivity index (χ4n) is 2.59. The normalized spacial score (nSPS) is 22.0. The molecule has 1 aromatic carbocycles. The predicted molar refractivity (Wildman–Crippen MR) is 75.5 cm³/mol. The average Bonchev–Trinajstić information content (AvgIpc) is 3.04. The third kappa shape index (κ3) is 3.11. The van der Waals surface area contributed by atoms with E-state index in [4.69, 9.17) is 4.42 Å². The van der Waals surface area contributed by atoms with E-state index in [1.54, 1.807) is 24.3 Å². The molecule has 0 spiro atoms. The smallest absolute Gasteiger partial charge is 0.251 e. The summed E-state index contributed by atoms with van der Waals surface area (Å²) in [6.07, 6.45) is 4.46. The fraction of sp³-hybridized carbons (Fsp3) is 0.400. The molecule has 1 saturated carbocycles. The third-order valence-corrected chi connectivity index (χ3v) is 3.80. The summed E-state index contributed by atoms with van der Waals surface area (Å²) >= 11 is 0. The summed E-state index contributed by atoms with van der Waals surface area (Å²) in [6.45, 7) is 0. The van der Waals surface area contributed by atoms with Gasteiger partial charge in [-0.05, 0) is 37.1 Å². The summed E-state index contributed by atoms with van der Waals surface area (Å²) in [5, 5.41) is 20.2. The molecule has 2 aromatic rings. The number of benzene rings is 1. The number of aliphatic hydroxyl groups excluding tert-OH is 1.